The number of ketones is 1. The van der Waals surface area contributed by atoms with Gasteiger partial charge in [-0.1, -0.05) is 29.8 Å². The molecule has 98 valence electrons. The van der Waals surface area contributed by atoms with Gasteiger partial charge in [0.2, 0.25) is 0 Å². The molecule has 0 bridgehead atoms. The van der Waals surface area contributed by atoms with E-state index >= 15 is 0 Å². The summed E-state index contributed by atoms with van der Waals surface area (Å²) < 4.78 is 18.3. The molecular weight excluding hydrogens is 267 g/mol. The molecule has 0 atom stereocenters. The van der Waals surface area contributed by atoms with Crippen molar-refractivity contribution < 1.29 is 13.9 Å². The lowest BCUT2D eigenvalue weighted by Gasteiger charge is -2.06. The van der Waals surface area contributed by atoms with Crippen LogP contribution in [0.2, 0.25) is 5.02 Å². The molecule has 0 aromatic heterocycles. The second kappa shape index (κ2) is 5.85. The summed E-state index contributed by atoms with van der Waals surface area (Å²) in [5, 5.41) is 0.404. The maximum absolute atomic E-state index is 13.5. The Labute approximate surface area is 115 Å². The van der Waals surface area contributed by atoms with Gasteiger partial charge < -0.3 is 4.74 Å². The largest absolute Gasteiger partial charge is 0.494 e. The first-order valence-electron chi connectivity index (χ1n) is 5.72. The van der Waals surface area contributed by atoms with E-state index in [9.17, 15) is 9.18 Å². The highest BCUT2D eigenvalue weighted by atomic mass is 35.5. The van der Waals surface area contributed by atoms with Crippen LogP contribution in [0.4, 0.5) is 4.39 Å². The third kappa shape index (κ3) is 3.12. The Hall–Kier alpha value is -1.87. The highest BCUT2D eigenvalue weighted by Gasteiger charge is 2.12. The summed E-state index contributed by atoms with van der Waals surface area (Å²) in [6.45, 7) is 0. The molecule has 0 aliphatic rings. The number of Topliss-reactive ketones (excluding diaryl/α,β-unsaturated/α-hetero) is 1. The van der Waals surface area contributed by atoms with Gasteiger partial charge in [0.15, 0.2) is 17.3 Å². The summed E-state index contributed by atoms with van der Waals surface area (Å²) in [6, 6.07) is 11.3. The van der Waals surface area contributed by atoms with Gasteiger partial charge in [0, 0.05) is 12.0 Å². The third-order valence-electron chi connectivity index (χ3n) is 2.76. The number of methoxy groups -OCH3 is 1. The van der Waals surface area contributed by atoms with Crippen LogP contribution >= 0.6 is 11.6 Å². The highest BCUT2D eigenvalue weighted by molar-refractivity contribution is 6.34. The smallest absolute Gasteiger partial charge is 0.168 e. The molecular formula is C15H12ClFO2. The van der Waals surface area contributed by atoms with Crippen LogP contribution in [0.5, 0.6) is 5.75 Å². The zero-order chi connectivity index (χ0) is 13.8. The van der Waals surface area contributed by atoms with Crippen molar-refractivity contribution in [2.45, 2.75) is 6.42 Å². The van der Waals surface area contributed by atoms with Gasteiger partial charge in [0.25, 0.3) is 0 Å². The van der Waals surface area contributed by atoms with Crippen molar-refractivity contribution in [3.8, 4) is 5.75 Å². The van der Waals surface area contributed by atoms with E-state index in [2.05, 4.69) is 0 Å². The molecule has 0 aliphatic heterocycles. The van der Waals surface area contributed by atoms with Crippen molar-refractivity contribution in [2.24, 2.45) is 0 Å². The van der Waals surface area contributed by atoms with E-state index in [4.69, 9.17) is 16.3 Å². The van der Waals surface area contributed by atoms with Crippen molar-refractivity contribution in [2.75, 3.05) is 7.11 Å². The van der Waals surface area contributed by atoms with E-state index in [0.717, 1.165) is 0 Å². The van der Waals surface area contributed by atoms with Crippen molar-refractivity contribution in [1.29, 1.82) is 0 Å². The molecule has 0 aliphatic carbocycles. The first kappa shape index (κ1) is 13.6. The second-order valence-corrected chi connectivity index (χ2v) is 4.46. The van der Waals surface area contributed by atoms with Gasteiger partial charge >= 0.3 is 0 Å². The average molecular weight is 279 g/mol. The quantitative estimate of drug-likeness (QED) is 0.793. The van der Waals surface area contributed by atoms with Gasteiger partial charge in [-0.05, 0) is 29.8 Å². The van der Waals surface area contributed by atoms with Crippen LogP contribution < -0.4 is 4.74 Å². The lowest BCUT2D eigenvalue weighted by molar-refractivity contribution is 0.0993. The van der Waals surface area contributed by atoms with Crippen LogP contribution in [0, 0.1) is 5.82 Å². The SMILES string of the molecule is COc1ccc(CC(=O)c2ccccc2Cl)cc1F. The van der Waals surface area contributed by atoms with Gasteiger partial charge in [-0.2, -0.15) is 0 Å². The molecule has 0 saturated carbocycles. The Balaban J connectivity index is 2.20. The summed E-state index contributed by atoms with van der Waals surface area (Å²) >= 11 is 5.95. The molecule has 0 unspecified atom stereocenters. The topological polar surface area (TPSA) is 26.3 Å². The monoisotopic (exact) mass is 278 g/mol. The number of carbonyl (C=O) groups is 1. The number of ether oxygens (including phenoxy) is 1. The predicted molar refractivity (Wildman–Crippen MR) is 72.4 cm³/mol. The Bertz CT molecular complexity index is 611. The maximum atomic E-state index is 13.5. The van der Waals surface area contributed by atoms with Crippen LogP contribution in [0.25, 0.3) is 0 Å². The number of carbonyl (C=O) groups excluding carboxylic acids is 1. The summed E-state index contributed by atoms with van der Waals surface area (Å²) in [7, 11) is 1.40. The molecule has 2 aromatic rings. The minimum Gasteiger partial charge on any atom is -0.494 e. The van der Waals surface area contributed by atoms with Crippen LogP contribution in [-0.2, 0) is 6.42 Å². The normalized spacial score (nSPS) is 10.3. The Kier molecular flexibility index (Phi) is 4.17. The van der Waals surface area contributed by atoms with Crippen molar-refractivity contribution in [3.63, 3.8) is 0 Å². The number of halogens is 2. The fourth-order valence-electron chi connectivity index (χ4n) is 1.79. The van der Waals surface area contributed by atoms with Gasteiger partial charge in [0.1, 0.15) is 0 Å². The molecule has 0 spiro atoms. The molecule has 19 heavy (non-hydrogen) atoms. The van der Waals surface area contributed by atoms with Crippen molar-refractivity contribution in [3.05, 3.63) is 64.4 Å². The van der Waals surface area contributed by atoms with Gasteiger partial charge in [-0.15, -0.1) is 0 Å². The highest BCUT2D eigenvalue weighted by Crippen LogP contribution is 2.21. The minimum absolute atomic E-state index is 0.102. The molecule has 0 saturated heterocycles. The third-order valence-corrected chi connectivity index (χ3v) is 3.08. The Morgan fingerprint density at radius 3 is 2.63 bits per heavy atom. The molecule has 0 radical (unpaired) electrons. The molecule has 0 fully saturated rings. The number of rotatable bonds is 4. The van der Waals surface area contributed by atoms with Crippen molar-refractivity contribution in [1.82, 2.24) is 0 Å². The van der Waals surface area contributed by atoms with E-state index in [1.165, 1.54) is 19.2 Å². The minimum atomic E-state index is -0.480. The Morgan fingerprint density at radius 1 is 1.26 bits per heavy atom. The van der Waals surface area contributed by atoms with Crippen LogP contribution in [-0.4, -0.2) is 12.9 Å². The standard InChI is InChI=1S/C15H12ClFO2/c1-19-15-7-6-10(8-13(15)17)9-14(18)11-4-2-3-5-12(11)16/h2-8H,9H2,1H3. The molecule has 2 aromatic carbocycles. The molecule has 4 heteroatoms. The summed E-state index contributed by atoms with van der Waals surface area (Å²) in [6.07, 6.45) is 0.102. The van der Waals surface area contributed by atoms with Crippen LogP contribution in [0.3, 0.4) is 0 Å². The zero-order valence-electron chi connectivity index (χ0n) is 10.3. The lowest BCUT2D eigenvalue weighted by atomic mass is 10.0. The van der Waals surface area contributed by atoms with Crippen LogP contribution in [0.1, 0.15) is 15.9 Å². The van der Waals surface area contributed by atoms with E-state index in [1.54, 1.807) is 30.3 Å². The summed E-state index contributed by atoms with van der Waals surface area (Å²) in [5.41, 5.74) is 1.03. The summed E-state index contributed by atoms with van der Waals surface area (Å²) in [4.78, 5) is 12.1. The van der Waals surface area contributed by atoms with Gasteiger partial charge in [-0.3, -0.25) is 4.79 Å². The molecule has 2 nitrogen and oxygen atoms in total. The number of hydrogen-bond acceptors (Lipinski definition) is 2. The first-order valence-corrected chi connectivity index (χ1v) is 6.09. The van der Waals surface area contributed by atoms with E-state index in [1.807, 2.05) is 0 Å². The lowest BCUT2D eigenvalue weighted by Crippen LogP contribution is -2.04. The van der Waals surface area contributed by atoms with E-state index in [0.29, 0.717) is 16.1 Å². The average Bonchev–Trinajstić information content (AvgIpc) is 2.39. The van der Waals surface area contributed by atoms with E-state index in [-0.39, 0.29) is 18.0 Å². The maximum Gasteiger partial charge on any atom is 0.168 e. The summed E-state index contributed by atoms with van der Waals surface area (Å²) in [5.74, 6) is -0.462. The van der Waals surface area contributed by atoms with Crippen molar-refractivity contribution >= 4 is 17.4 Å². The first-order chi connectivity index (χ1) is 9.11. The molecule has 2 rings (SSSR count). The Morgan fingerprint density at radius 2 is 2.00 bits per heavy atom. The number of hydrogen-bond donors (Lipinski definition) is 0. The van der Waals surface area contributed by atoms with Gasteiger partial charge in [-0.25, -0.2) is 4.39 Å². The molecule has 0 amide bonds. The van der Waals surface area contributed by atoms with Crippen LogP contribution in [0.15, 0.2) is 42.5 Å². The fraction of sp³-hybridized carbons (Fsp3) is 0.133. The number of benzene rings is 2. The fourth-order valence-corrected chi connectivity index (χ4v) is 2.03. The predicted octanol–water partition coefficient (Wildman–Crippen LogP) is 3.91. The zero-order valence-corrected chi connectivity index (χ0v) is 11.1. The van der Waals surface area contributed by atoms with E-state index < -0.39 is 5.82 Å². The van der Waals surface area contributed by atoms with Gasteiger partial charge in [0.05, 0.1) is 12.1 Å². The molecule has 0 heterocycles. The molecule has 0 N–H and O–H groups in total. The second-order valence-electron chi connectivity index (χ2n) is 4.05.